The van der Waals surface area contributed by atoms with Crippen molar-refractivity contribution in [2.45, 2.75) is 0 Å². The van der Waals surface area contributed by atoms with E-state index in [4.69, 9.17) is 0 Å². The zero-order valence-electron chi connectivity index (χ0n) is 16.1. The lowest BCUT2D eigenvalue weighted by atomic mass is 9.99. The van der Waals surface area contributed by atoms with Crippen LogP contribution < -0.4 is 10.2 Å². The standard InChI is InChI=1S/C24H25N3O/c1-26-15-17-27(18-16-26)21-13-11-20(12-14-21)25-24(28)23-10-6-5-9-22(23)19-7-3-2-4-8-19/h2-14H,15-18H2,1H3,(H,25,28). The summed E-state index contributed by atoms with van der Waals surface area (Å²) in [6, 6.07) is 25.9. The molecule has 0 bridgehead atoms. The van der Waals surface area contributed by atoms with Gasteiger partial charge in [-0.15, -0.1) is 0 Å². The first-order valence-corrected chi connectivity index (χ1v) is 9.70. The molecule has 1 heterocycles. The van der Waals surface area contributed by atoms with E-state index in [9.17, 15) is 4.79 Å². The van der Waals surface area contributed by atoms with Crippen LogP contribution >= 0.6 is 0 Å². The van der Waals surface area contributed by atoms with Crippen LogP contribution in [-0.2, 0) is 0 Å². The van der Waals surface area contributed by atoms with Crippen LogP contribution in [0.2, 0.25) is 0 Å². The Morgan fingerprint density at radius 2 is 1.43 bits per heavy atom. The van der Waals surface area contributed by atoms with Crippen LogP contribution in [0, 0.1) is 0 Å². The number of carbonyl (C=O) groups excluding carboxylic acids is 1. The number of anilines is 2. The highest BCUT2D eigenvalue weighted by atomic mass is 16.1. The SMILES string of the molecule is CN1CCN(c2ccc(NC(=O)c3ccccc3-c3ccccc3)cc2)CC1. The van der Waals surface area contributed by atoms with E-state index in [1.807, 2.05) is 66.7 Å². The monoisotopic (exact) mass is 371 g/mol. The number of hydrogen-bond donors (Lipinski definition) is 1. The van der Waals surface area contributed by atoms with Crippen molar-refractivity contribution in [3.05, 3.63) is 84.4 Å². The van der Waals surface area contributed by atoms with Crippen LogP contribution in [0.4, 0.5) is 11.4 Å². The van der Waals surface area contributed by atoms with Crippen LogP contribution in [0.1, 0.15) is 10.4 Å². The van der Waals surface area contributed by atoms with Gasteiger partial charge in [-0.3, -0.25) is 4.79 Å². The zero-order chi connectivity index (χ0) is 19.3. The number of rotatable bonds is 4. The van der Waals surface area contributed by atoms with Crippen molar-refractivity contribution >= 4 is 17.3 Å². The van der Waals surface area contributed by atoms with Gasteiger partial charge in [0.05, 0.1) is 0 Å². The third-order valence-corrected chi connectivity index (χ3v) is 5.25. The fourth-order valence-electron chi connectivity index (χ4n) is 3.57. The highest BCUT2D eigenvalue weighted by Gasteiger charge is 2.15. The van der Waals surface area contributed by atoms with Crippen molar-refractivity contribution < 1.29 is 4.79 Å². The normalized spacial score (nSPS) is 14.7. The van der Waals surface area contributed by atoms with Gasteiger partial charge in [-0.1, -0.05) is 48.5 Å². The third-order valence-electron chi connectivity index (χ3n) is 5.25. The van der Waals surface area contributed by atoms with Crippen LogP contribution in [-0.4, -0.2) is 44.0 Å². The molecule has 0 saturated carbocycles. The Hall–Kier alpha value is -3.11. The molecular weight excluding hydrogens is 346 g/mol. The van der Waals surface area contributed by atoms with Crippen LogP contribution in [0.3, 0.4) is 0 Å². The molecule has 0 spiro atoms. The van der Waals surface area contributed by atoms with Crippen LogP contribution in [0.15, 0.2) is 78.9 Å². The number of nitrogens with zero attached hydrogens (tertiary/aromatic N) is 2. The van der Waals surface area contributed by atoms with E-state index >= 15 is 0 Å². The van der Waals surface area contributed by atoms with Gasteiger partial charge in [0.1, 0.15) is 0 Å². The molecule has 28 heavy (non-hydrogen) atoms. The van der Waals surface area contributed by atoms with Gasteiger partial charge in [-0.05, 0) is 48.5 Å². The molecule has 4 rings (SSSR count). The fraction of sp³-hybridized carbons (Fsp3) is 0.208. The smallest absolute Gasteiger partial charge is 0.256 e. The fourth-order valence-corrected chi connectivity index (χ4v) is 3.57. The molecule has 1 saturated heterocycles. The predicted octanol–water partition coefficient (Wildman–Crippen LogP) is 4.36. The van der Waals surface area contributed by atoms with Gasteiger partial charge in [-0.2, -0.15) is 0 Å². The summed E-state index contributed by atoms with van der Waals surface area (Å²) in [5, 5.41) is 3.04. The summed E-state index contributed by atoms with van der Waals surface area (Å²) < 4.78 is 0. The van der Waals surface area contributed by atoms with Crippen molar-refractivity contribution in [3.8, 4) is 11.1 Å². The van der Waals surface area contributed by atoms with Crippen molar-refractivity contribution in [2.24, 2.45) is 0 Å². The first-order valence-electron chi connectivity index (χ1n) is 9.70. The molecule has 1 aliphatic heterocycles. The second-order valence-corrected chi connectivity index (χ2v) is 7.20. The summed E-state index contributed by atoms with van der Waals surface area (Å²) in [6.45, 7) is 4.23. The van der Waals surface area contributed by atoms with Crippen molar-refractivity contribution in [1.82, 2.24) is 4.90 Å². The van der Waals surface area contributed by atoms with E-state index in [0.29, 0.717) is 5.56 Å². The molecule has 1 amide bonds. The van der Waals surface area contributed by atoms with E-state index in [1.165, 1.54) is 5.69 Å². The molecule has 3 aromatic rings. The second kappa shape index (κ2) is 8.28. The van der Waals surface area contributed by atoms with Gasteiger partial charge in [0.15, 0.2) is 0 Å². The van der Waals surface area contributed by atoms with Crippen LogP contribution in [0.5, 0.6) is 0 Å². The van der Waals surface area contributed by atoms with Gasteiger partial charge in [-0.25, -0.2) is 0 Å². The lowest BCUT2D eigenvalue weighted by Gasteiger charge is -2.34. The minimum Gasteiger partial charge on any atom is -0.369 e. The molecule has 0 aliphatic carbocycles. The minimum absolute atomic E-state index is 0.0909. The summed E-state index contributed by atoms with van der Waals surface area (Å²) in [6.07, 6.45) is 0. The Bertz CT molecular complexity index is 930. The number of likely N-dealkylation sites (N-methyl/N-ethyl adjacent to an activating group) is 1. The van der Waals surface area contributed by atoms with E-state index in [-0.39, 0.29) is 5.91 Å². The van der Waals surface area contributed by atoms with Gasteiger partial charge in [0.25, 0.3) is 5.91 Å². The third kappa shape index (κ3) is 4.07. The number of benzene rings is 3. The zero-order valence-corrected chi connectivity index (χ0v) is 16.1. The Kier molecular flexibility index (Phi) is 5.40. The maximum atomic E-state index is 12.9. The van der Waals surface area contributed by atoms with Gasteiger partial charge in [0.2, 0.25) is 0 Å². The van der Waals surface area contributed by atoms with Gasteiger partial charge < -0.3 is 15.1 Å². The predicted molar refractivity (Wildman–Crippen MR) is 116 cm³/mol. The number of hydrogen-bond acceptors (Lipinski definition) is 3. The maximum absolute atomic E-state index is 12.9. The molecule has 0 atom stereocenters. The largest absolute Gasteiger partial charge is 0.369 e. The highest BCUT2D eigenvalue weighted by molar-refractivity contribution is 6.08. The topological polar surface area (TPSA) is 35.6 Å². The molecule has 3 aromatic carbocycles. The molecule has 0 radical (unpaired) electrons. The van der Waals surface area contributed by atoms with Gasteiger partial charge in [0, 0.05) is 43.1 Å². The Labute approximate surface area is 166 Å². The Morgan fingerprint density at radius 3 is 2.14 bits per heavy atom. The number of nitrogens with one attached hydrogen (secondary N) is 1. The summed E-state index contributed by atoms with van der Waals surface area (Å²) >= 11 is 0. The average molecular weight is 371 g/mol. The van der Waals surface area contributed by atoms with Crippen molar-refractivity contribution in [3.63, 3.8) is 0 Å². The van der Waals surface area contributed by atoms with E-state index in [1.54, 1.807) is 0 Å². The lowest BCUT2D eigenvalue weighted by Crippen LogP contribution is -2.44. The molecule has 1 aliphatic rings. The number of piperazine rings is 1. The Balaban J connectivity index is 1.49. The summed E-state index contributed by atoms with van der Waals surface area (Å²) in [5.41, 5.74) is 4.67. The molecule has 1 N–H and O–H groups in total. The molecule has 4 nitrogen and oxygen atoms in total. The molecule has 1 fully saturated rings. The van der Waals surface area contributed by atoms with E-state index in [2.05, 4.69) is 34.3 Å². The maximum Gasteiger partial charge on any atom is 0.256 e. The number of carbonyl (C=O) groups is 1. The van der Waals surface area contributed by atoms with E-state index < -0.39 is 0 Å². The Morgan fingerprint density at radius 1 is 0.786 bits per heavy atom. The van der Waals surface area contributed by atoms with Crippen molar-refractivity contribution in [2.75, 3.05) is 43.4 Å². The summed E-state index contributed by atoms with van der Waals surface area (Å²) in [5.74, 6) is -0.0909. The second-order valence-electron chi connectivity index (χ2n) is 7.20. The first-order chi connectivity index (χ1) is 13.7. The van der Waals surface area contributed by atoms with Crippen molar-refractivity contribution in [1.29, 1.82) is 0 Å². The first kappa shape index (κ1) is 18.3. The highest BCUT2D eigenvalue weighted by Crippen LogP contribution is 2.25. The summed E-state index contributed by atoms with van der Waals surface area (Å²) in [7, 11) is 2.16. The molecule has 0 unspecified atom stereocenters. The lowest BCUT2D eigenvalue weighted by molar-refractivity contribution is 0.102. The van der Waals surface area contributed by atoms with Crippen LogP contribution in [0.25, 0.3) is 11.1 Å². The van der Waals surface area contributed by atoms with Gasteiger partial charge >= 0.3 is 0 Å². The molecular formula is C24H25N3O. The molecule has 4 heteroatoms. The van der Waals surface area contributed by atoms with E-state index in [0.717, 1.165) is 43.0 Å². The minimum atomic E-state index is -0.0909. The average Bonchev–Trinajstić information content (AvgIpc) is 2.75. The number of amides is 1. The summed E-state index contributed by atoms with van der Waals surface area (Å²) in [4.78, 5) is 17.6. The quantitative estimate of drug-likeness (QED) is 0.740. The molecule has 142 valence electrons. The molecule has 0 aromatic heterocycles.